The predicted molar refractivity (Wildman–Crippen MR) is 69.0 cm³/mol. The summed E-state index contributed by atoms with van der Waals surface area (Å²) in [5.74, 6) is 0. The molecule has 0 amide bonds. The molecule has 0 saturated heterocycles. The number of halogens is 1. The normalized spacial score (nSPS) is 23.7. The van der Waals surface area contributed by atoms with Crippen molar-refractivity contribution >= 4 is 12.9 Å². The maximum absolute atomic E-state index is 10.7. The van der Waals surface area contributed by atoms with E-state index in [-0.39, 0.29) is 16.6 Å². The van der Waals surface area contributed by atoms with Gasteiger partial charge in [0.2, 0.25) is 0 Å². The van der Waals surface area contributed by atoms with Crippen LogP contribution in [0.15, 0.2) is 22.3 Å². The van der Waals surface area contributed by atoms with Crippen LogP contribution in [0.4, 0.5) is 0 Å². The van der Waals surface area contributed by atoms with E-state index in [0.717, 1.165) is 25.7 Å². The summed E-state index contributed by atoms with van der Waals surface area (Å²) < 4.78 is 10.5. The summed E-state index contributed by atoms with van der Waals surface area (Å²) in [6, 6.07) is 0. The van der Waals surface area contributed by atoms with Crippen molar-refractivity contribution < 1.29 is 47.3 Å². The number of allylic oxidation sites excluding steroid dienone is 4. The molecule has 4 nitrogen and oxygen atoms in total. The van der Waals surface area contributed by atoms with Gasteiger partial charge < -0.3 is 12.4 Å². The monoisotopic (exact) mass is 346 g/mol. The average molecular weight is 347 g/mol. The average Bonchev–Trinajstić information content (AvgIpc) is 2.85. The zero-order valence-electron chi connectivity index (χ0n) is 11.9. The first-order valence-corrected chi connectivity index (χ1v) is 9.53. The van der Waals surface area contributed by atoms with Crippen molar-refractivity contribution in [3.8, 4) is 0 Å². The topological polar surface area (TPSA) is 52.6 Å². The molecule has 1 unspecified atom stereocenters. The van der Waals surface area contributed by atoms with E-state index in [2.05, 4.69) is 0 Å². The zero-order chi connectivity index (χ0) is 13.9. The molecule has 0 aromatic heterocycles. The van der Waals surface area contributed by atoms with Crippen LogP contribution in [-0.2, 0) is 34.9 Å². The Bertz CT molecular complexity index is 476. The van der Waals surface area contributed by atoms with Gasteiger partial charge in [-0.3, -0.25) is 0 Å². The van der Waals surface area contributed by atoms with Gasteiger partial charge in [-0.05, 0) is 0 Å². The van der Waals surface area contributed by atoms with Gasteiger partial charge in [0.15, 0.2) is 0 Å². The van der Waals surface area contributed by atoms with Crippen LogP contribution in [0.2, 0.25) is 4.22 Å². The molecule has 21 heavy (non-hydrogen) atoms. The molecule has 3 aliphatic carbocycles. The summed E-state index contributed by atoms with van der Waals surface area (Å²) in [6.07, 6.45) is 9.31. The molecular weight excluding hydrogens is 327 g/mol. The van der Waals surface area contributed by atoms with E-state index in [9.17, 15) is 9.59 Å². The smallest absolute Gasteiger partial charge is 1.00 e. The molecule has 0 bridgehead atoms. The molecule has 0 aliphatic heterocycles. The minimum absolute atomic E-state index is 0. The molecule has 0 N–H and O–H groups in total. The summed E-state index contributed by atoms with van der Waals surface area (Å²) in [4.78, 5) is 21.3. The molecule has 6 heteroatoms. The van der Waals surface area contributed by atoms with E-state index in [1.165, 1.54) is 36.8 Å². The van der Waals surface area contributed by atoms with Gasteiger partial charge >= 0.3 is 126 Å². The van der Waals surface area contributed by atoms with Gasteiger partial charge in [-0.2, -0.15) is 0 Å². The standard InChI is InChI=1S/C13H17.2CH2O2.ClH.Ti/c1-3-7-12-10(5-1)9-11-6-2-4-8-13(11)12;2*2-1-3;;/h5H,1-4,6-9H2;2*1H,(H,2,3);1H;/q;;;;+3/p-3. The first-order chi connectivity index (χ1) is 9.85. The van der Waals surface area contributed by atoms with Crippen LogP contribution in [0.1, 0.15) is 51.4 Å². The fraction of sp³-hybridized carbons (Fsp3) is 0.600. The van der Waals surface area contributed by atoms with Gasteiger partial charge in [0.05, 0.1) is 0 Å². The maximum Gasteiger partial charge on any atom is -1.00 e. The van der Waals surface area contributed by atoms with Gasteiger partial charge in [-0.1, -0.05) is 0 Å². The second-order valence-corrected chi connectivity index (χ2v) is 8.48. The Labute approximate surface area is 138 Å². The Balaban J connectivity index is 0.00000161. The first kappa shape index (κ1) is 16.8. The minimum Gasteiger partial charge on any atom is -1.00 e. The Morgan fingerprint density at radius 3 is 2.33 bits per heavy atom. The number of hydrogen-bond donors (Lipinski definition) is 0. The summed E-state index contributed by atoms with van der Waals surface area (Å²) in [5, 5.41) is 0. The van der Waals surface area contributed by atoms with Crippen molar-refractivity contribution in [3.63, 3.8) is 0 Å². The molecule has 0 aromatic rings. The van der Waals surface area contributed by atoms with E-state index < -0.39 is 18.6 Å². The van der Waals surface area contributed by atoms with Crippen molar-refractivity contribution in [1.82, 2.24) is 0 Å². The molecular formula is C15H19ClO4Ti. The fourth-order valence-corrected chi connectivity index (χ4v) is 6.37. The molecule has 3 aliphatic rings. The summed E-state index contributed by atoms with van der Waals surface area (Å²) in [7, 11) is 0. The van der Waals surface area contributed by atoms with Crippen LogP contribution in [0.25, 0.3) is 0 Å². The van der Waals surface area contributed by atoms with Crippen molar-refractivity contribution in [1.29, 1.82) is 0 Å². The van der Waals surface area contributed by atoms with E-state index in [0.29, 0.717) is 12.9 Å². The molecule has 0 radical (unpaired) electrons. The Morgan fingerprint density at radius 1 is 0.952 bits per heavy atom. The van der Waals surface area contributed by atoms with E-state index in [1.807, 2.05) is 0 Å². The van der Waals surface area contributed by atoms with Crippen molar-refractivity contribution in [2.45, 2.75) is 55.6 Å². The van der Waals surface area contributed by atoms with E-state index >= 15 is 0 Å². The van der Waals surface area contributed by atoms with E-state index in [1.54, 1.807) is 11.1 Å². The van der Waals surface area contributed by atoms with Crippen molar-refractivity contribution in [2.75, 3.05) is 0 Å². The van der Waals surface area contributed by atoms with Crippen molar-refractivity contribution in [2.24, 2.45) is 0 Å². The third-order valence-electron chi connectivity index (χ3n) is 4.69. The van der Waals surface area contributed by atoms with Crippen LogP contribution in [0.5, 0.6) is 0 Å². The number of hydrogen-bond acceptors (Lipinski definition) is 4. The third-order valence-corrected chi connectivity index (χ3v) is 7.60. The Hall–Kier alpha value is -0.576. The molecule has 0 fully saturated rings. The van der Waals surface area contributed by atoms with E-state index in [4.69, 9.17) is 6.64 Å². The quantitative estimate of drug-likeness (QED) is 0.532. The van der Waals surface area contributed by atoms with Gasteiger partial charge in [0, 0.05) is 0 Å². The third kappa shape index (κ3) is 3.28. The molecule has 114 valence electrons. The molecule has 0 aromatic carbocycles. The largest absolute Gasteiger partial charge is 1.00 e. The summed E-state index contributed by atoms with van der Waals surface area (Å²) in [5.41, 5.74) is 6.14. The summed E-state index contributed by atoms with van der Waals surface area (Å²) in [6.45, 7) is 0.909. The van der Waals surface area contributed by atoms with Crippen LogP contribution >= 0.6 is 0 Å². The number of fused-ring (bicyclic) bond motifs is 1. The van der Waals surface area contributed by atoms with Crippen LogP contribution in [-0.4, -0.2) is 12.9 Å². The van der Waals surface area contributed by atoms with Gasteiger partial charge in [-0.25, -0.2) is 0 Å². The molecule has 1 atom stereocenters. The number of carbonyl (C=O) groups is 2. The number of rotatable bonds is 5. The van der Waals surface area contributed by atoms with Crippen LogP contribution in [0.3, 0.4) is 0 Å². The zero-order valence-corrected chi connectivity index (χ0v) is 14.2. The van der Waals surface area contributed by atoms with Crippen LogP contribution < -0.4 is 12.4 Å². The fourth-order valence-electron chi connectivity index (χ4n) is 3.91. The summed E-state index contributed by atoms with van der Waals surface area (Å²) >= 11 is -2.57. The minimum atomic E-state index is -2.57. The molecule has 0 spiro atoms. The van der Waals surface area contributed by atoms with Gasteiger partial charge in [0.25, 0.3) is 0 Å². The second-order valence-electron chi connectivity index (χ2n) is 5.66. The molecule has 3 rings (SSSR count). The Kier molecular flexibility index (Phi) is 6.09. The first-order valence-electron chi connectivity index (χ1n) is 7.35. The SMILES string of the molecule is O=C[O][Ti+]([O]C=O)[CH]1CCCC2=C1CC1=C2CCCC1.[Cl-]. The van der Waals surface area contributed by atoms with Gasteiger partial charge in [-0.15, -0.1) is 0 Å². The molecule has 0 saturated carbocycles. The maximum atomic E-state index is 10.7. The number of carbonyl (C=O) groups excluding carboxylic acids is 2. The van der Waals surface area contributed by atoms with Crippen LogP contribution in [0, 0.1) is 0 Å². The predicted octanol–water partition coefficient (Wildman–Crippen LogP) is 0.328. The Morgan fingerprint density at radius 2 is 1.62 bits per heavy atom. The molecule has 0 heterocycles. The van der Waals surface area contributed by atoms with Gasteiger partial charge in [0.1, 0.15) is 0 Å². The van der Waals surface area contributed by atoms with Crippen molar-refractivity contribution in [3.05, 3.63) is 22.3 Å². The second kappa shape index (κ2) is 7.62.